The van der Waals surface area contributed by atoms with Gasteiger partial charge in [0.2, 0.25) is 5.91 Å². The lowest BCUT2D eigenvalue weighted by Crippen LogP contribution is -2.43. The molecule has 30 heavy (non-hydrogen) atoms. The molecule has 0 saturated heterocycles. The van der Waals surface area contributed by atoms with Crippen LogP contribution in [0.1, 0.15) is 46.4 Å². The van der Waals surface area contributed by atoms with Crippen LogP contribution in [0, 0.1) is 0 Å². The van der Waals surface area contributed by atoms with E-state index in [-0.39, 0.29) is 42.0 Å². The van der Waals surface area contributed by atoms with Crippen molar-refractivity contribution >= 4 is 57.2 Å². The number of nitrogens with zero attached hydrogens (tertiary/aromatic N) is 2. The highest BCUT2D eigenvalue weighted by Gasteiger charge is 2.23. The zero-order valence-electron chi connectivity index (χ0n) is 18.7. The Kier molecular flexibility index (Phi) is 13.1. The predicted octanol–water partition coefficient (Wildman–Crippen LogP) is 2.41. The number of hydrogen-bond donors (Lipinski definition) is 3. The third-order valence-corrected chi connectivity index (χ3v) is 7.50. The molecule has 1 aromatic heterocycles. The van der Waals surface area contributed by atoms with E-state index in [1.807, 2.05) is 47.6 Å². The molecule has 0 spiro atoms. The van der Waals surface area contributed by atoms with Gasteiger partial charge in [0.25, 0.3) is 10.0 Å². The van der Waals surface area contributed by atoms with Gasteiger partial charge in [0.1, 0.15) is 10.8 Å². The van der Waals surface area contributed by atoms with Crippen molar-refractivity contribution < 1.29 is 13.2 Å². The topological polar surface area (TPSA) is 103 Å². The smallest absolute Gasteiger partial charge is 0.252 e. The molecular formula is C19H36IN5O3S2. The first-order chi connectivity index (χ1) is 13.5. The van der Waals surface area contributed by atoms with Gasteiger partial charge in [0.15, 0.2) is 5.96 Å². The van der Waals surface area contributed by atoms with Crippen molar-refractivity contribution in [2.24, 2.45) is 4.99 Å². The Labute approximate surface area is 202 Å². The molecular weight excluding hydrogens is 537 g/mol. The number of hydrogen-bond acceptors (Lipinski definition) is 5. The molecule has 0 aliphatic heterocycles. The van der Waals surface area contributed by atoms with Crippen molar-refractivity contribution in [3.8, 4) is 0 Å². The standard InChI is InChI=1S/C19H35N5O3S2.HI/c1-7-20-18(22-14-16(25)23-19(4,5)6)21-13-12-15-10-11-17(28-15)29(26,27)24(8-2)9-3;/h10-11H,7-9,12-14H2,1-6H3,(H,23,25)(H2,20,21,22);1H. The normalized spacial score (nSPS) is 12.4. The molecule has 174 valence electrons. The van der Waals surface area contributed by atoms with Crippen LogP contribution in [0.15, 0.2) is 21.3 Å². The summed E-state index contributed by atoms with van der Waals surface area (Å²) >= 11 is 1.29. The third kappa shape index (κ3) is 9.92. The number of nitrogens with one attached hydrogen (secondary N) is 3. The number of carbonyl (C=O) groups excluding carboxylic acids is 1. The molecule has 0 aliphatic rings. The van der Waals surface area contributed by atoms with Crippen LogP contribution in [-0.4, -0.2) is 62.9 Å². The van der Waals surface area contributed by atoms with E-state index in [0.717, 1.165) is 4.88 Å². The van der Waals surface area contributed by atoms with Crippen LogP contribution in [0.25, 0.3) is 0 Å². The Hall–Kier alpha value is -0.920. The van der Waals surface area contributed by atoms with Gasteiger partial charge >= 0.3 is 0 Å². The predicted molar refractivity (Wildman–Crippen MR) is 135 cm³/mol. The second kappa shape index (κ2) is 13.5. The minimum Gasteiger partial charge on any atom is -0.357 e. The lowest BCUT2D eigenvalue weighted by atomic mass is 10.1. The van der Waals surface area contributed by atoms with Gasteiger partial charge in [-0.3, -0.25) is 4.79 Å². The monoisotopic (exact) mass is 573 g/mol. The minimum absolute atomic E-state index is 0. The average molecular weight is 574 g/mol. The van der Waals surface area contributed by atoms with Crippen molar-refractivity contribution in [3.05, 3.63) is 17.0 Å². The first-order valence-electron chi connectivity index (χ1n) is 9.95. The summed E-state index contributed by atoms with van der Waals surface area (Å²) in [4.78, 5) is 17.2. The largest absolute Gasteiger partial charge is 0.357 e. The van der Waals surface area contributed by atoms with Gasteiger partial charge in [-0.25, -0.2) is 13.4 Å². The molecule has 3 N–H and O–H groups in total. The lowest BCUT2D eigenvalue weighted by molar-refractivity contribution is -0.121. The summed E-state index contributed by atoms with van der Waals surface area (Å²) in [6.07, 6.45) is 0.664. The Morgan fingerprint density at radius 3 is 2.30 bits per heavy atom. The summed E-state index contributed by atoms with van der Waals surface area (Å²) in [6, 6.07) is 3.52. The summed E-state index contributed by atoms with van der Waals surface area (Å²) < 4.78 is 27.0. The number of thiophene rings is 1. The third-order valence-electron chi connectivity index (χ3n) is 3.84. The zero-order chi connectivity index (χ0) is 22.1. The number of rotatable bonds is 10. The van der Waals surface area contributed by atoms with Crippen molar-refractivity contribution in [1.82, 2.24) is 20.3 Å². The van der Waals surface area contributed by atoms with Crippen molar-refractivity contribution in [2.45, 2.75) is 57.7 Å². The van der Waals surface area contributed by atoms with Crippen LogP contribution in [-0.2, 0) is 21.2 Å². The molecule has 1 aromatic rings. The molecule has 1 heterocycles. The highest BCUT2D eigenvalue weighted by Crippen LogP contribution is 2.25. The maximum Gasteiger partial charge on any atom is 0.252 e. The minimum atomic E-state index is -3.41. The summed E-state index contributed by atoms with van der Waals surface area (Å²) in [5, 5.41) is 9.17. The molecule has 1 rings (SSSR count). The number of carbonyl (C=O) groups is 1. The highest BCUT2D eigenvalue weighted by molar-refractivity contribution is 14.0. The van der Waals surface area contributed by atoms with E-state index in [4.69, 9.17) is 0 Å². The van der Waals surface area contributed by atoms with E-state index in [1.54, 1.807) is 6.07 Å². The molecule has 0 saturated carbocycles. The Morgan fingerprint density at radius 1 is 1.13 bits per heavy atom. The van der Waals surface area contributed by atoms with E-state index in [0.29, 0.717) is 42.8 Å². The fourth-order valence-corrected chi connectivity index (χ4v) is 5.54. The van der Waals surface area contributed by atoms with Gasteiger partial charge in [-0.05, 0) is 46.2 Å². The average Bonchev–Trinajstić information content (AvgIpc) is 3.09. The van der Waals surface area contributed by atoms with Gasteiger partial charge in [0.05, 0.1) is 0 Å². The molecule has 0 atom stereocenters. The molecule has 0 fully saturated rings. The van der Waals surface area contributed by atoms with Gasteiger partial charge in [-0.15, -0.1) is 35.3 Å². The molecule has 0 unspecified atom stereocenters. The Bertz CT molecular complexity index is 784. The van der Waals surface area contributed by atoms with E-state index in [1.165, 1.54) is 15.6 Å². The molecule has 0 aromatic carbocycles. The summed E-state index contributed by atoms with van der Waals surface area (Å²) in [5.74, 6) is 0.420. The van der Waals surface area contributed by atoms with Gasteiger partial charge in [-0.1, -0.05) is 13.8 Å². The molecule has 8 nitrogen and oxygen atoms in total. The van der Waals surface area contributed by atoms with E-state index >= 15 is 0 Å². The SMILES string of the molecule is CCNC(=NCC(=O)NC(C)(C)C)NCCc1ccc(S(=O)(=O)N(CC)CC)s1.I. The summed E-state index contributed by atoms with van der Waals surface area (Å²) in [7, 11) is -3.41. The van der Waals surface area contributed by atoms with Crippen LogP contribution < -0.4 is 16.0 Å². The Balaban J connectivity index is 0.00000841. The zero-order valence-corrected chi connectivity index (χ0v) is 22.7. The van der Waals surface area contributed by atoms with Crippen molar-refractivity contribution in [1.29, 1.82) is 0 Å². The quantitative estimate of drug-likeness (QED) is 0.227. The molecule has 11 heteroatoms. The van der Waals surface area contributed by atoms with Crippen LogP contribution >= 0.6 is 35.3 Å². The first kappa shape index (κ1) is 29.1. The number of amides is 1. The second-order valence-corrected chi connectivity index (χ2v) is 10.8. The van der Waals surface area contributed by atoms with Crippen molar-refractivity contribution in [2.75, 3.05) is 32.7 Å². The number of guanidine groups is 1. The van der Waals surface area contributed by atoms with E-state index in [9.17, 15) is 13.2 Å². The van der Waals surface area contributed by atoms with Gasteiger partial charge in [0, 0.05) is 36.6 Å². The molecule has 1 amide bonds. The van der Waals surface area contributed by atoms with Crippen LogP contribution in [0.5, 0.6) is 0 Å². The number of halogens is 1. The molecule has 0 aliphatic carbocycles. The molecule has 0 bridgehead atoms. The van der Waals surface area contributed by atoms with Crippen LogP contribution in [0.3, 0.4) is 0 Å². The second-order valence-electron chi connectivity index (χ2n) is 7.48. The van der Waals surface area contributed by atoms with E-state index in [2.05, 4.69) is 20.9 Å². The first-order valence-corrected chi connectivity index (χ1v) is 12.2. The van der Waals surface area contributed by atoms with Crippen molar-refractivity contribution in [3.63, 3.8) is 0 Å². The highest BCUT2D eigenvalue weighted by atomic mass is 127. The number of aliphatic imine (C=N–C) groups is 1. The maximum absolute atomic E-state index is 12.6. The summed E-state index contributed by atoms with van der Waals surface area (Å²) in [6.45, 7) is 13.6. The molecule has 0 radical (unpaired) electrons. The summed E-state index contributed by atoms with van der Waals surface area (Å²) in [5.41, 5.74) is -0.291. The van der Waals surface area contributed by atoms with Gasteiger partial charge < -0.3 is 16.0 Å². The van der Waals surface area contributed by atoms with Gasteiger partial charge in [-0.2, -0.15) is 4.31 Å². The van der Waals surface area contributed by atoms with Crippen LogP contribution in [0.4, 0.5) is 0 Å². The Morgan fingerprint density at radius 2 is 1.77 bits per heavy atom. The van der Waals surface area contributed by atoms with E-state index < -0.39 is 10.0 Å². The van der Waals surface area contributed by atoms with Crippen LogP contribution in [0.2, 0.25) is 0 Å². The fourth-order valence-electron chi connectivity index (χ4n) is 2.58. The number of sulfonamides is 1. The fraction of sp³-hybridized carbons (Fsp3) is 0.684. The lowest BCUT2D eigenvalue weighted by Gasteiger charge is -2.20. The maximum atomic E-state index is 12.6.